The highest BCUT2D eigenvalue weighted by atomic mass is 19.4. The molecule has 4 heterocycles. The third kappa shape index (κ3) is 9.94. The molecule has 5 aromatic carbocycles. The molecule has 2 N–H and O–H groups in total. The Morgan fingerprint density at radius 1 is 0.301 bits per heavy atom. The first-order valence-electron chi connectivity index (χ1n) is 27.2. The van der Waals surface area contributed by atoms with Gasteiger partial charge >= 0.3 is 49.4 Å². The number of aromatic nitrogens is 4. The molecule has 0 spiro atoms. The molecule has 13 rings (SSSR count). The quantitative estimate of drug-likeness (QED) is 0.0783. The van der Waals surface area contributed by atoms with Crippen LogP contribution in [-0.4, -0.2) is 53.4 Å². The molecular weight excluding hydrogens is 1300 g/mol. The van der Waals surface area contributed by atoms with Crippen LogP contribution in [0, 0.1) is 5.41 Å². The third-order valence-corrected chi connectivity index (χ3v) is 17.1. The Morgan fingerprint density at radius 2 is 0.570 bits per heavy atom. The Kier molecular flexibility index (Phi) is 13.5. The van der Waals surface area contributed by atoms with Crippen LogP contribution in [0.4, 0.5) is 105 Å². The van der Waals surface area contributed by atoms with Crippen molar-refractivity contribution in [3.8, 4) is 0 Å². The number of nitrogens with zero attached hydrogens (tertiary/aromatic N) is 5. The Hall–Kier alpha value is -9.32. The van der Waals surface area contributed by atoms with E-state index in [0.29, 0.717) is 91.1 Å². The van der Waals surface area contributed by atoms with Gasteiger partial charge in [0.1, 0.15) is 17.1 Å². The van der Waals surface area contributed by atoms with Crippen LogP contribution in [0.25, 0.3) is 95.5 Å². The summed E-state index contributed by atoms with van der Waals surface area (Å²) in [6.07, 6.45) is -47.7. The molecule has 4 aliphatic rings. The number of aryl methyl sites for hydroxylation is 1. The molecule has 7 nitrogen and oxygen atoms in total. The summed E-state index contributed by atoms with van der Waals surface area (Å²) >= 11 is 0. The second-order valence-electron chi connectivity index (χ2n) is 22.3. The lowest BCUT2D eigenvalue weighted by Crippen LogP contribution is -2.33. The average molecular weight is 1330 g/mol. The molecule has 4 aliphatic carbocycles. The maximum atomic E-state index is 15.4. The van der Waals surface area contributed by atoms with Gasteiger partial charge in [0.05, 0.1) is 83.9 Å². The van der Waals surface area contributed by atoms with E-state index in [1.165, 1.54) is 0 Å². The maximum absolute atomic E-state index is 15.4. The zero-order valence-electron chi connectivity index (χ0n) is 45.9. The number of rotatable bonds is 4. The summed E-state index contributed by atoms with van der Waals surface area (Å²) in [7, 11) is 0. The van der Waals surface area contributed by atoms with Crippen LogP contribution in [0.3, 0.4) is 0 Å². The normalized spacial score (nSPS) is 17.2. The molecular formula is C62H32F24N6O. The number of alkyl halides is 24. The fraction of sp³-hybridized carbons (Fsp3) is 0.226. The van der Waals surface area contributed by atoms with E-state index in [1.807, 2.05) is 0 Å². The van der Waals surface area contributed by atoms with Gasteiger partial charge in [-0.2, -0.15) is 105 Å². The third-order valence-electron chi connectivity index (χ3n) is 17.1. The van der Waals surface area contributed by atoms with E-state index in [0.717, 1.165) is 6.07 Å². The summed E-state index contributed by atoms with van der Waals surface area (Å²) in [5, 5.41) is 22.6. The van der Waals surface area contributed by atoms with Gasteiger partial charge in [0, 0.05) is 43.7 Å². The molecule has 0 atom stereocenters. The summed E-state index contributed by atoms with van der Waals surface area (Å²) in [6, 6.07) is 6.41. The molecule has 4 aromatic heterocycles. The van der Waals surface area contributed by atoms with Crippen LogP contribution in [-0.2, 0) is 50.1 Å². The van der Waals surface area contributed by atoms with Crippen LogP contribution in [0.1, 0.15) is 80.9 Å². The van der Waals surface area contributed by atoms with Gasteiger partial charge in [0.2, 0.25) is 0 Å². The van der Waals surface area contributed by atoms with Gasteiger partial charge in [0.15, 0.2) is 5.71 Å². The van der Waals surface area contributed by atoms with Crippen LogP contribution in [0.2, 0.25) is 0 Å². The minimum atomic E-state index is -5.51. The zero-order chi connectivity index (χ0) is 67.3. The van der Waals surface area contributed by atoms with Crippen LogP contribution >= 0.6 is 0 Å². The first-order chi connectivity index (χ1) is 43.1. The molecule has 0 unspecified atom stereocenters. The van der Waals surface area contributed by atoms with Crippen molar-refractivity contribution in [2.75, 3.05) is 0 Å². The molecule has 93 heavy (non-hydrogen) atoms. The van der Waals surface area contributed by atoms with Crippen molar-refractivity contribution in [1.82, 2.24) is 18.3 Å². The highest BCUT2D eigenvalue weighted by molar-refractivity contribution is 6.71. The summed E-state index contributed by atoms with van der Waals surface area (Å²) in [5.74, 6) is 0. The molecule has 0 saturated carbocycles. The average Bonchev–Trinajstić information content (AvgIpc) is 1.57. The molecule has 0 amide bonds. The van der Waals surface area contributed by atoms with Gasteiger partial charge in [-0.05, 0) is 134 Å². The Bertz CT molecular complexity index is 4780. The Balaban J connectivity index is 1.42. The number of nitrogens with one attached hydrogen (secondary N) is 1. The summed E-state index contributed by atoms with van der Waals surface area (Å²) in [5.41, 5.74) is -30.7. The Labute approximate surface area is 502 Å². The van der Waals surface area contributed by atoms with Gasteiger partial charge in [-0.1, -0.05) is 35.5 Å². The lowest BCUT2D eigenvalue weighted by atomic mass is 9.89. The zero-order valence-corrected chi connectivity index (χ0v) is 45.9. The van der Waals surface area contributed by atoms with Gasteiger partial charge in [-0.15, -0.1) is 0 Å². The van der Waals surface area contributed by atoms with Gasteiger partial charge in [-0.3, -0.25) is 5.41 Å². The van der Waals surface area contributed by atoms with Crippen molar-refractivity contribution >= 4 is 107 Å². The predicted molar refractivity (Wildman–Crippen MR) is 293 cm³/mol. The second-order valence-corrected chi connectivity index (χ2v) is 22.3. The summed E-state index contributed by atoms with van der Waals surface area (Å²) in [4.78, 5) is 0. The second kappa shape index (κ2) is 20.1. The van der Waals surface area contributed by atoms with Crippen LogP contribution < -0.4 is 0 Å². The van der Waals surface area contributed by atoms with Crippen molar-refractivity contribution in [3.63, 3.8) is 0 Å². The molecule has 9 aromatic rings. The molecule has 0 fully saturated rings. The van der Waals surface area contributed by atoms with E-state index >= 15 is 105 Å². The topological polar surface area (TPSA) is 76.2 Å². The van der Waals surface area contributed by atoms with Crippen molar-refractivity contribution < 1.29 is 111 Å². The van der Waals surface area contributed by atoms with Gasteiger partial charge in [0.25, 0.3) is 0 Å². The van der Waals surface area contributed by atoms with E-state index < -0.39 is 238 Å². The van der Waals surface area contributed by atoms with Crippen LogP contribution in [0.15, 0.2) is 113 Å². The minimum absolute atomic E-state index is 0.209. The highest BCUT2D eigenvalue weighted by Crippen LogP contribution is 2.54. The lowest BCUT2D eigenvalue weighted by Gasteiger charge is -2.34. The van der Waals surface area contributed by atoms with Crippen molar-refractivity contribution in [2.24, 2.45) is 5.16 Å². The molecule has 0 bridgehead atoms. The number of hydrogen-bond donors (Lipinski definition) is 2. The number of benzene rings is 5. The molecule has 484 valence electrons. The predicted octanol–water partition coefficient (Wildman–Crippen LogP) is 20.6. The lowest BCUT2D eigenvalue weighted by molar-refractivity contribution is -0.138. The number of halogens is 24. The first-order valence-corrected chi connectivity index (χ1v) is 27.2. The number of oxime groups is 1. The fourth-order valence-electron chi connectivity index (χ4n) is 13.0. The van der Waals surface area contributed by atoms with E-state index in [2.05, 4.69) is 5.16 Å². The maximum Gasteiger partial charge on any atom is 0.416 e. The largest absolute Gasteiger partial charge is 0.416 e. The van der Waals surface area contributed by atoms with E-state index in [4.69, 9.17) is 0 Å². The summed E-state index contributed by atoms with van der Waals surface area (Å²) in [6.45, 7) is 0. The number of hydrogen-bond acceptors (Lipinski definition) is 3. The summed E-state index contributed by atoms with van der Waals surface area (Å²) < 4.78 is 368. The van der Waals surface area contributed by atoms with Gasteiger partial charge in [-0.25, -0.2) is 0 Å². The van der Waals surface area contributed by atoms with E-state index in [-0.39, 0.29) is 47.0 Å². The fourth-order valence-corrected chi connectivity index (χ4v) is 13.0. The van der Waals surface area contributed by atoms with E-state index in [1.54, 1.807) is 0 Å². The van der Waals surface area contributed by atoms with E-state index in [9.17, 15) is 10.6 Å². The van der Waals surface area contributed by atoms with Crippen molar-refractivity contribution in [1.29, 1.82) is 5.41 Å². The minimum Gasteiger partial charge on any atom is -0.410 e. The number of allylic oxidation sites excluding steroid dienone is 7. The molecule has 0 radical (unpaired) electrons. The SMILES string of the molecule is N=C1C(n2c3c(c4ccc(C(F)(F)F)cc42)CCC(C(F)(F)F)=C3)=C(n2c3cc(C(F)(F)F)ccc3c3ccc(C(F)(F)F)cc32)C(n2c3cc(C(F)(F)F)ccc3c3ccc(C(F)(F)F)cc32)=C(n2c3c(c4c2C=C(C(F)(F)F)CC4)CCC(C(F)(F)F)=C3)/C1=N/O. The smallest absolute Gasteiger partial charge is 0.410 e. The van der Waals surface area contributed by atoms with Gasteiger partial charge < -0.3 is 23.5 Å². The van der Waals surface area contributed by atoms with Crippen molar-refractivity contribution in [3.05, 3.63) is 169 Å². The first kappa shape index (κ1) is 62.5. The Morgan fingerprint density at radius 3 is 0.860 bits per heavy atom. The standard InChI is InChI=1S/C62H32F24N6O/c63-55(64,65)25-1-9-33-34-10-2-26(56(66,67)68)18-42(34)89(41(33)17-25)51-49(87)50(88-93)52(90-43-19-27(57(69,70)71)3-11-35(43)36-12-4-28(20-44(36)90)58(72,73)74)54(92-47-23-31(61(81,82)83)7-15-39(47)40-16-8-32(24-48(40)92)62(84,85)86)53(51)91-45-21-29(59(75,76)77)5-13-37(45)38-14-6-30(22-46(38)91)60(78,79)80/h1,5-9,13-24,87,93H,2-4,10-12H2/b87-49?,88-50+. The van der Waals surface area contributed by atoms with Crippen molar-refractivity contribution in [2.45, 2.75) is 87.9 Å². The molecule has 0 saturated heterocycles. The molecule has 0 aliphatic heterocycles. The number of fused-ring (bicyclic) bond motifs is 12. The monoisotopic (exact) mass is 1330 g/mol. The van der Waals surface area contributed by atoms with Crippen LogP contribution in [0.5, 0.6) is 0 Å². The molecule has 31 heteroatoms. The highest BCUT2D eigenvalue weighted by Gasteiger charge is 2.48.